The van der Waals surface area contributed by atoms with Crippen molar-refractivity contribution < 1.29 is 27.5 Å². The van der Waals surface area contributed by atoms with Gasteiger partial charge in [-0.15, -0.1) is 13.2 Å². The van der Waals surface area contributed by atoms with Crippen molar-refractivity contribution in [3.63, 3.8) is 0 Å². The van der Waals surface area contributed by atoms with Crippen molar-refractivity contribution in [2.75, 3.05) is 13.1 Å². The van der Waals surface area contributed by atoms with Gasteiger partial charge in [0.2, 0.25) is 0 Å². The molecule has 1 saturated carbocycles. The SMILES string of the molecule is O=C(NC1CCN(C(=O)NC2CCCCC2)CC1)c1ccc(OC(F)(F)F)cc1. The minimum atomic E-state index is -4.76. The van der Waals surface area contributed by atoms with E-state index < -0.39 is 6.36 Å². The molecule has 9 heteroatoms. The molecule has 0 atom stereocenters. The van der Waals surface area contributed by atoms with Crippen molar-refractivity contribution in [3.8, 4) is 5.75 Å². The van der Waals surface area contributed by atoms with Gasteiger partial charge in [0.15, 0.2) is 0 Å². The number of benzene rings is 1. The Balaban J connectivity index is 1.42. The highest BCUT2D eigenvalue weighted by molar-refractivity contribution is 5.94. The number of nitrogens with one attached hydrogen (secondary N) is 2. The molecule has 0 bridgehead atoms. The number of likely N-dealkylation sites (tertiary alicyclic amines) is 1. The van der Waals surface area contributed by atoms with Crippen molar-refractivity contribution >= 4 is 11.9 Å². The summed E-state index contributed by atoms with van der Waals surface area (Å²) in [5.74, 6) is -0.722. The van der Waals surface area contributed by atoms with E-state index >= 15 is 0 Å². The Bertz CT molecular complexity index is 695. The minimum absolute atomic E-state index is 0.0399. The van der Waals surface area contributed by atoms with Crippen LogP contribution in [0, 0.1) is 0 Å². The highest BCUT2D eigenvalue weighted by atomic mass is 19.4. The molecule has 29 heavy (non-hydrogen) atoms. The molecule has 1 heterocycles. The molecule has 0 aromatic heterocycles. The first-order valence-corrected chi connectivity index (χ1v) is 10.0. The molecule has 3 amide bonds. The summed E-state index contributed by atoms with van der Waals surface area (Å²) in [4.78, 5) is 26.5. The second kappa shape index (κ2) is 9.37. The Morgan fingerprint density at radius 1 is 0.897 bits per heavy atom. The van der Waals surface area contributed by atoms with E-state index in [-0.39, 0.29) is 35.3 Å². The summed E-state index contributed by atoms with van der Waals surface area (Å²) >= 11 is 0. The lowest BCUT2D eigenvalue weighted by atomic mass is 9.95. The van der Waals surface area contributed by atoms with Gasteiger partial charge in [-0.2, -0.15) is 0 Å². The fraction of sp³-hybridized carbons (Fsp3) is 0.600. The van der Waals surface area contributed by atoms with Gasteiger partial charge in [-0.05, 0) is 49.9 Å². The van der Waals surface area contributed by atoms with Crippen LogP contribution in [0.4, 0.5) is 18.0 Å². The van der Waals surface area contributed by atoms with Crippen LogP contribution in [0.3, 0.4) is 0 Å². The van der Waals surface area contributed by atoms with Gasteiger partial charge in [0, 0.05) is 30.7 Å². The highest BCUT2D eigenvalue weighted by Gasteiger charge is 2.31. The van der Waals surface area contributed by atoms with E-state index in [0.29, 0.717) is 25.9 Å². The molecule has 6 nitrogen and oxygen atoms in total. The summed E-state index contributed by atoms with van der Waals surface area (Å²) in [5, 5.41) is 5.98. The van der Waals surface area contributed by atoms with E-state index in [4.69, 9.17) is 0 Å². The maximum atomic E-state index is 12.4. The van der Waals surface area contributed by atoms with Crippen LogP contribution in [-0.2, 0) is 0 Å². The molecule has 3 rings (SSSR count). The maximum absolute atomic E-state index is 12.4. The number of nitrogens with zero attached hydrogens (tertiary/aromatic N) is 1. The van der Waals surface area contributed by atoms with Gasteiger partial charge >= 0.3 is 12.4 Å². The summed E-state index contributed by atoms with van der Waals surface area (Å²) in [6.45, 7) is 1.11. The molecular weight excluding hydrogens is 387 g/mol. The van der Waals surface area contributed by atoms with E-state index in [1.165, 1.54) is 18.6 Å². The summed E-state index contributed by atoms with van der Waals surface area (Å²) in [6, 6.07) is 4.96. The number of hydrogen-bond donors (Lipinski definition) is 2. The third kappa shape index (κ3) is 6.54. The lowest BCUT2D eigenvalue weighted by Gasteiger charge is -2.34. The molecule has 160 valence electrons. The van der Waals surface area contributed by atoms with E-state index in [2.05, 4.69) is 15.4 Å². The highest BCUT2D eigenvalue weighted by Crippen LogP contribution is 2.23. The van der Waals surface area contributed by atoms with Crippen LogP contribution in [0.2, 0.25) is 0 Å². The predicted octanol–water partition coefficient (Wildman–Crippen LogP) is 3.82. The number of rotatable bonds is 4. The number of hydrogen-bond acceptors (Lipinski definition) is 3. The number of carbonyl (C=O) groups is 2. The zero-order valence-electron chi connectivity index (χ0n) is 16.1. The first kappa shape index (κ1) is 21.3. The predicted molar refractivity (Wildman–Crippen MR) is 101 cm³/mol. The minimum Gasteiger partial charge on any atom is -0.406 e. The van der Waals surface area contributed by atoms with Crippen LogP contribution in [0.15, 0.2) is 24.3 Å². The average molecular weight is 413 g/mol. The quantitative estimate of drug-likeness (QED) is 0.788. The van der Waals surface area contributed by atoms with Crippen LogP contribution in [0.25, 0.3) is 0 Å². The smallest absolute Gasteiger partial charge is 0.406 e. The summed E-state index contributed by atoms with van der Waals surface area (Å²) < 4.78 is 40.4. The Morgan fingerprint density at radius 2 is 1.48 bits per heavy atom. The lowest BCUT2D eigenvalue weighted by molar-refractivity contribution is -0.274. The van der Waals surface area contributed by atoms with Crippen molar-refractivity contribution in [2.24, 2.45) is 0 Å². The van der Waals surface area contributed by atoms with Crippen LogP contribution in [0.5, 0.6) is 5.75 Å². The Hall–Kier alpha value is -2.45. The normalized spacial score (nSPS) is 18.9. The van der Waals surface area contributed by atoms with Gasteiger partial charge in [0.25, 0.3) is 5.91 Å². The molecule has 1 aliphatic carbocycles. The van der Waals surface area contributed by atoms with Crippen LogP contribution in [0.1, 0.15) is 55.3 Å². The molecule has 0 spiro atoms. The average Bonchev–Trinajstić information content (AvgIpc) is 2.68. The second-order valence-corrected chi connectivity index (χ2v) is 7.59. The monoisotopic (exact) mass is 413 g/mol. The summed E-state index contributed by atoms with van der Waals surface area (Å²) in [7, 11) is 0. The number of ether oxygens (including phenoxy) is 1. The topological polar surface area (TPSA) is 70.7 Å². The number of amides is 3. The molecule has 2 aliphatic rings. The van der Waals surface area contributed by atoms with E-state index in [9.17, 15) is 22.8 Å². The number of piperidine rings is 1. The third-order valence-electron chi connectivity index (χ3n) is 5.40. The molecular formula is C20H26F3N3O3. The van der Waals surface area contributed by atoms with Crippen LogP contribution < -0.4 is 15.4 Å². The third-order valence-corrected chi connectivity index (χ3v) is 5.40. The Morgan fingerprint density at radius 3 is 2.07 bits per heavy atom. The molecule has 1 aromatic rings. The number of urea groups is 1. The van der Waals surface area contributed by atoms with Crippen LogP contribution >= 0.6 is 0 Å². The van der Waals surface area contributed by atoms with Crippen molar-refractivity contribution in [1.29, 1.82) is 0 Å². The maximum Gasteiger partial charge on any atom is 0.573 e. The molecule has 0 unspecified atom stereocenters. The second-order valence-electron chi connectivity index (χ2n) is 7.59. The van der Waals surface area contributed by atoms with Gasteiger partial charge in [0.05, 0.1) is 0 Å². The molecule has 1 aromatic carbocycles. The largest absolute Gasteiger partial charge is 0.573 e. The number of carbonyl (C=O) groups excluding carboxylic acids is 2. The lowest BCUT2D eigenvalue weighted by Crippen LogP contribution is -2.51. The van der Waals surface area contributed by atoms with Crippen molar-refractivity contribution in [3.05, 3.63) is 29.8 Å². The van der Waals surface area contributed by atoms with Gasteiger partial charge in [-0.3, -0.25) is 4.79 Å². The van der Waals surface area contributed by atoms with Crippen molar-refractivity contribution in [1.82, 2.24) is 15.5 Å². The van der Waals surface area contributed by atoms with Crippen LogP contribution in [-0.4, -0.2) is 48.4 Å². The van der Waals surface area contributed by atoms with E-state index in [1.807, 2.05) is 0 Å². The van der Waals surface area contributed by atoms with Crippen molar-refractivity contribution in [2.45, 2.75) is 63.4 Å². The van der Waals surface area contributed by atoms with E-state index in [0.717, 1.165) is 37.8 Å². The first-order valence-electron chi connectivity index (χ1n) is 10.0. The first-order chi connectivity index (χ1) is 13.8. The Labute approximate surface area is 167 Å². The van der Waals surface area contributed by atoms with Gasteiger partial charge in [-0.25, -0.2) is 4.79 Å². The van der Waals surface area contributed by atoms with Gasteiger partial charge < -0.3 is 20.3 Å². The zero-order chi connectivity index (χ0) is 20.9. The number of alkyl halides is 3. The molecule has 1 aliphatic heterocycles. The molecule has 2 fully saturated rings. The molecule has 2 N–H and O–H groups in total. The van der Waals surface area contributed by atoms with Gasteiger partial charge in [-0.1, -0.05) is 19.3 Å². The number of halogens is 3. The van der Waals surface area contributed by atoms with Gasteiger partial charge in [0.1, 0.15) is 5.75 Å². The fourth-order valence-corrected chi connectivity index (χ4v) is 3.82. The zero-order valence-corrected chi connectivity index (χ0v) is 16.1. The summed E-state index contributed by atoms with van der Waals surface area (Å²) in [6.07, 6.45) is 2.12. The molecule has 1 saturated heterocycles. The Kier molecular flexibility index (Phi) is 6.87. The summed E-state index contributed by atoms with van der Waals surface area (Å²) in [5.41, 5.74) is 0.261. The molecule has 0 radical (unpaired) electrons. The van der Waals surface area contributed by atoms with E-state index in [1.54, 1.807) is 4.90 Å². The standard InChI is InChI=1S/C20H26F3N3O3/c21-20(22,23)29-17-8-6-14(7-9-17)18(27)24-16-10-12-26(13-11-16)19(28)25-15-4-2-1-3-5-15/h6-9,15-16H,1-5,10-13H2,(H,24,27)(H,25,28). The fourth-order valence-electron chi connectivity index (χ4n) is 3.82.